The number of benzene rings is 2. The Morgan fingerprint density at radius 2 is 2.06 bits per heavy atom. The van der Waals surface area contributed by atoms with Crippen molar-refractivity contribution in [3.8, 4) is 11.5 Å². The molecule has 1 aromatic heterocycles. The van der Waals surface area contributed by atoms with Gasteiger partial charge in [-0.25, -0.2) is 9.78 Å². The highest BCUT2D eigenvalue weighted by atomic mass is 16.5. The Balaban J connectivity index is 1.23. The predicted octanol–water partition coefficient (Wildman–Crippen LogP) is 3.71. The fourth-order valence-electron chi connectivity index (χ4n) is 5.05. The Morgan fingerprint density at radius 1 is 1.22 bits per heavy atom. The van der Waals surface area contributed by atoms with Crippen molar-refractivity contribution in [2.75, 3.05) is 57.6 Å². The van der Waals surface area contributed by atoms with E-state index in [0.717, 1.165) is 65.4 Å². The number of likely N-dealkylation sites (tertiary alicyclic amines) is 1. The SMILES string of the molecule is COc1cccc2c1C(Nc1ccc3cc(NC(=O)N(C)C4CCN(CCO)CC4)ccc3n1)CO2. The fraction of sp³-hybridized carbons (Fsp3) is 0.407. The summed E-state index contributed by atoms with van der Waals surface area (Å²) in [6.07, 6.45) is 1.81. The van der Waals surface area contributed by atoms with Gasteiger partial charge in [-0.05, 0) is 55.3 Å². The van der Waals surface area contributed by atoms with Gasteiger partial charge in [-0.15, -0.1) is 0 Å². The monoisotopic (exact) mass is 491 g/mol. The summed E-state index contributed by atoms with van der Waals surface area (Å²) in [5, 5.41) is 16.6. The molecule has 3 heterocycles. The fourth-order valence-corrected chi connectivity index (χ4v) is 5.05. The molecular formula is C27H33N5O4. The number of pyridine rings is 1. The Bertz CT molecular complexity index is 1230. The molecule has 5 rings (SSSR count). The van der Waals surface area contributed by atoms with Crippen LogP contribution in [0, 0.1) is 0 Å². The van der Waals surface area contributed by atoms with Gasteiger partial charge in [-0.2, -0.15) is 0 Å². The first-order valence-corrected chi connectivity index (χ1v) is 12.4. The number of carbonyl (C=O) groups excluding carboxylic acids is 1. The lowest BCUT2D eigenvalue weighted by molar-refractivity contribution is 0.123. The van der Waals surface area contributed by atoms with Crippen LogP contribution in [0.4, 0.5) is 16.3 Å². The highest BCUT2D eigenvalue weighted by Gasteiger charge is 2.28. The van der Waals surface area contributed by atoms with Gasteiger partial charge in [0.2, 0.25) is 0 Å². The zero-order valence-corrected chi connectivity index (χ0v) is 20.7. The van der Waals surface area contributed by atoms with Crippen molar-refractivity contribution in [3.63, 3.8) is 0 Å². The van der Waals surface area contributed by atoms with Crippen LogP contribution < -0.4 is 20.1 Å². The molecule has 0 bridgehead atoms. The van der Waals surface area contributed by atoms with E-state index in [2.05, 4.69) is 15.5 Å². The van der Waals surface area contributed by atoms with Gasteiger partial charge in [0.25, 0.3) is 0 Å². The summed E-state index contributed by atoms with van der Waals surface area (Å²) in [5.41, 5.74) is 2.58. The maximum Gasteiger partial charge on any atom is 0.321 e. The van der Waals surface area contributed by atoms with Crippen molar-refractivity contribution in [1.29, 1.82) is 0 Å². The Kier molecular flexibility index (Phi) is 7.11. The van der Waals surface area contributed by atoms with Crippen LogP contribution in [0.25, 0.3) is 10.9 Å². The minimum atomic E-state index is -0.116. The normalized spacial score (nSPS) is 17.9. The molecule has 9 nitrogen and oxygen atoms in total. The second-order valence-electron chi connectivity index (χ2n) is 9.32. The topological polar surface area (TPSA) is 99.2 Å². The molecule has 3 N–H and O–H groups in total. The van der Waals surface area contributed by atoms with Crippen LogP contribution in [-0.2, 0) is 0 Å². The van der Waals surface area contributed by atoms with Gasteiger partial charge >= 0.3 is 6.03 Å². The zero-order valence-electron chi connectivity index (χ0n) is 20.7. The van der Waals surface area contributed by atoms with E-state index in [4.69, 9.17) is 19.6 Å². The third-order valence-electron chi connectivity index (χ3n) is 7.10. The third kappa shape index (κ3) is 5.03. The van der Waals surface area contributed by atoms with Gasteiger partial charge in [-0.1, -0.05) is 6.07 Å². The summed E-state index contributed by atoms with van der Waals surface area (Å²) in [6.45, 7) is 3.17. The molecule has 0 spiro atoms. The molecule has 1 unspecified atom stereocenters. The molecule has 1 saturated heterocycles. The number of amides is 2. The molecule has 2 aliphatic heterocycles. The third-order valence-corrected chi connectivity index (χ3v) is 7.10. The Labute approximate surface area is 211 Å². The number of anilines is 2. The molecule has 0 saturated carbocycles. The molecule has 3 aromatic rings. The van der Waals surface area contributed by atoms with E-state index in [1.165, 1.54) is 0 Å². The Hall–Kier alpha value is -3.56. The first-order chi connectivity index (χ1) is 17.6. The van der Waals surface area contributed by atoms with Gasteiger partial charge < -0.3 is 35.0 Å². The van der Waals surface area contributed by atoms with Gasteiger partial charge in [0.15, 0.2) is 0 Å². The van der Waals surface area contributed by atoms with Crippen LogP contribution >= 0.6 is 0 Å². The number of piperidine rings is 1. The number of carbonyl (C=O) groups is 1. The molecule has 0 aliphatic carbocycles. The Morgan fingerprint density at radius 3 is 2.83 bits per heavy atom. The number of aliphatic hydroxyl groups excluding tert-OH is 1. The van der Waals surface area contributed by atoms with Crippen LogP contribution in [0.3, 0.4) is 0 Å². The minimum absolute atomic E-state index is 0.0503. The van der Waals surface area contributed by atoms with E-state index in [1.54, 1.807) is 12.0 Å². The van der Waals surface area contributed by atoms with E-state index in [1.807, 2.05) is 55.6 Å². The highest BCUT2D eigenvalue weighted by Crippen LogP contribution is 2.40. The van der Waals surface area contributed by atoms with E-state index in [-0.39, 0.29) is 24.7 Å². The largest absolute Gasteiger partial charge is 0.496 e. The van der Waals surface area contributed by atoms with Crippen molar-refractivity contribution < 1.29 is 19.4 Å². The first kappa shape index (κ1) is 24.1. The van der Waals surface area contributed by atoms with Gasteiger partial charge in [0.05, 0.1) is 30.8 Å². The molecule has 9 heteroatoms. The average Bonchev–Trinajstić information content (AvgIpc) is 3.32. The number of methoxy groups -OCH3 is 1. The second-order valence-corrected chi connectivity index (χ2v) is 9.32. The lowest BCUT2D eigenvalue weighted by Gasteiger charge is -2.36. The second kappa shape index (κ2) is 10.6. The number of nitrogens with one attached hydrogen (secondary N) is 2. The summed E-state index contributed by atoms with van der Waals surface area (Å²) in [6, 6.07) is 15.5. The van der Waals surface area contributed by atoms with Gasteiger partial charge in [0, 0.05) is 43.8 Å². The number of aliphatic hydroxyl groups is 1. The first-order valence-electron chi connectivity index (χ1n) is 12.4. The number of hydrogen-bond acceptors (Lipinski definition) is 7. The minimum Gasteiger partial charge on any atom is -0.496 e. The number of aromatic nitrogens is 1. The number of hydrogen-bond donors (Lipinski definition) is 3. The van der Waals surface area contributed by atoms with Crippen molar-refractivity contribution >= 4 is 28.4 Å². The van der Waals surface area contributed by atoms with Crippen molar-refractivity contribution in [1.82, 2.24) is 14.8 Å². The maximum atomic E-state index is 12.9. The quantitative estimate of drug-likeness (QED) is 0.463. The number of β-amino-alcohol motifs (C(OH)–C–C–N with tert-alkyl or cyclic N) is 1. The maximum absolute atomic E-state index is 12.9. The van der Waals surface area contributed by atoms with Gasteiger partial charge in [0.1, 0.15) is 23.9 Å². The molecule has 1 atom stereocenters. The predicted molar refractivity (Wildman–Crippen MR) is 140 cm³/mol. The summed E-state index contributed by atoms with van der Waals surface area (Å²) in [4.78, 5) is 21.7. The average molecular weight is 492 g/mol. The number of ether oxygens (including phenoxy) is 2. The lowest BCUT2D eigenvalue weighted by atomic mass is 10.0. The molecule has 190 valence electrons. The van der Waals surface area contributed by atoms with Crippen molar-refractivity contribution in [2.45, 2.75) is 24.9 Å². The molecule has 36 heavy (non-hydrogen) atoms. The molecule has 2 aliphatic rings. The van der Waals surface area contributed by atoms with Crippen molar-refractivity contribution in [3.05, 3.63) is 54.1 Å². The highest BCUT2D eigenvalue weighted by molar-refractivity contribution is 5.93. The smallest absolute Gasteiger partial charge is 0.321 e. The summed E-state index contributed by atoms with van der Waals surface area (Å²) >= 11 is 0. The van der Waals surface area contributed by atoms with Crippen LogP contribution in [0.5, 0.6) is 11.5 Å². The number of rotatable bonds is 7. The van der Waals surface area contributed by atoms with Crippen LogP contribution in [0.15, 0.2) is 48.5 Å². The molecule has 2 amide bonds. The molecule has 2 aromatic carbocycles. The van der Waals surface area contributed by atoms with E-state index >= 15 is 0 Å². The standard InChI is InChI=1S/C27H33N5O4/c1-31(20-10-12-32(13-11-20)14-15-33)27(34)28-19-7-8-21-18(16-19)6-9-25(29-21)30-22-17-36-24-5-3-4-23(35-2)26(22)24/h3-9,16,20,22,33H,10-15,17H2,1-2H3,(H,28,34)(H,29,30). The molecular weight excluding hydrogens is 458 g/mol. The summed E-state index contributed by atoms with van der Waals surface area (Å²) in [5.74, 6) is 2.37. The van der Waals surface area contributed by atoms with E-state index in [9.17, 15) is 4.79 Å². The number of fused-ring (bicyclic) bond motifs is 2. The van der Waals surface area contributed by atoms with E-state index in [0.29, 0.717) is 13.2 Å². The van der Waals surface area contributed by atoms with E-state index < -0.39 is 0 Å². The summed E-state index contributed by atoms with van der Waals surface area (Å²) in [7, 11) is 3.51. The van der Waals surface area contributed by atoms with Crippen LogP contribution in [0.1, 0.15) is 24.4 Å². The number of urea groups is 1. The molecule has 0 radical (unpaired) electrons. The van der Waals surface area contributed by atoms with Crippen LogP contribution in [-0.4, -0.2) is 79.0 Å². The zero-order chi connectivity index (χ0) is 25.1. The lowest BCUT2D eigenvalue weighted by Crippen LogP contribution is -2.47. The van der Waals surface area contributed by atoms with Gasteiger partial charge in [-0.3, -0.25) is 0 Å². The van der Waals surface area contributed by atoms with Crippen LogP contribution in [0.2, 0.25) is 0 Å². The number of nitrogens with zero attached hydrogens (tertiary/aromatic N) is 3. The van der Waals surface area contributed by atoms with Crippen molar-refractivity contribution in [2.24, 2.45) is 0 Å². The summed E-state index contributed by atoms with van der Waals surface area (Å²) < 4.78 is 11.3. The molecule has 1 fully saturated rings.